The molecule has 0 spiro atoms. The number of fused-ring (bicyclic) bond motifs is 1. The minimum Gasteiger partial charge on any atom is -0.360 e. The molecule has 0 saturated carbocycles. The lowest BCUT2D eigenvalue weighted by Crippen LogP contribution is -2.09. The van der Waals surface area contributed by atoms with E-state index >= 15 is 0 Å². The molecule has 0 atom stereocenters. The van der Waals surface area contributed by atoms with Crippen molar-refractivity contribution in [2.75, 3.05) is 31.1 Å². The maximum atomic E-state index is 5.73. The Bertz CT molecular complexity index is 533. The Kier molecular flexibility index (Phi) is 4.35. The van der Waals surface area contributed by atoms with E-state index in [2.05, 4.69) is 45.7 Å². The highest BCUT2D eigenvalue weighted by molar-refractivity contribution is 9.10. The average Bonchev–Trinajstić information content (AvgIpc) is 2.66. The summed E-state index contributed by atoms with van der Waals surface area (Å²) >= 11 is 3.48. The van der Waals surface area contributed by atoms with Crippen LogP contribution >= 0.6 is 26.0 Å². The monoisotopic (exact) mass is 330 g/mol. The fraction of sp³-hybridized carbons (Fsp3) is 0.462. The SMILES string of the molecule is CS(C)(C)CCOCn1cnc2ccc(Br)cc21. The standard InChI is InChI=1S/C13H19BrN2OS/c1-18(2,3)7-6-17-10-16-9-15-12-5-4-11(14)8-13(12)16/h4-5,8-9H,6-7,10H2,1-3H3. The van der Waals surface area contributed by atoms with Crippen LogP contribution in [0.5, 0.6) is 0 Å². The van der Waals surface area contributed by atoms with E-state index in [-0.39, 0.29) is 0 Å². The van der Waals surface area contributed by atoms with E-state index in [1.807, 2.05) is 23.0 Å². The summed E-state index contributed by atoms with van der Waals surface area (Å²) in [5.41, 5.74) is 2.11. The largest absolute Gasteiger partial charge is 0.360 e. The van der Waals surface area contributed by atoms with Gasteiger partial charge >= 0.3 is 0 Å². The van der Waals surface area contributed by atoms with Crippen molar-refractivity contribution in [1.29, 1.82) is 0 Å². The Morgan fingerprint density at radius 1 is 1.33 bits per heavy atom. The van der Waals surface area contributed by atoms with Crippen molar-refractivity contribution in [3.63, 3.8) is 0 Å². The summed E-state index contributed by atoms with van der Waals surface area (Å²) in [5.74, 6) is 1.14. The molecule has 5 heteroatoms. The highest BCUT2D eigenvalue weighted by atomic mass is 79.9. The Morgan fingerprint density at radius 3 is 2.83 bits per heavy atom. The lowest BCUT2D eigenvalue weighted by atomic mass is 10.3. The van der Waals surface area contributed by atoms with E-state index in [4.69, 9.17) is 4.74 Å². The Hall–Kier alpha value is -0.520. The maximum Gasteiger partial charge on any atom is 0.124 e. The predicted molar refractivity (Wildman–Crippen MR) is 83.6 cm³/mol. The van der Waals surface area contributed by atoms with E-state index < -0.39 is 10.0 Å². The van der Waals surface area contributed by atoms with Crippen LogP contribution in [0, 0.1) is 0 Å². The molecule has 0 saturated heterocycles. The molecule has 1 heterocycles. The molecular formula is C13H19BrN2OS. The Morgan fingerprint density at radius 2 is 2.11 bits per heavy atom. The van der Waals surface area contributed by atoms with Crippen LogP contribution in [0.2, 0.25) is 0 Å². The first-order valence-corrected chi connectivity index (χ1v) is 9.62. The average molecular weight is 331 g/mol. The van der Waals surface area contributed by atoms with E-state index in [1.54, 1.807) is 0 Å². The maximum absolute atomic E-state index is 5.73. The fourth-order valence-electron chi connectivity index (χ4n) is 1.60. The Labute approximate surface area is 118 Å². The summed E-state index contributed by atoms with van der Waals surface area (Å²) in [6.45, 7) is 1.38. The number of ether oxygens (including phenoxy) is 1. The van der Waals surface area contributed by atoms with Crippen LogP contribution in [0.4, 0.5) is 0 Å². The van der Waals surface area contributed by atoms with Crippen LogP contribution < -0.4 is 0 Å². The number of halogens is 1. The van der Waals surface area contributed by atoms with Gasteiger partial charge in [-0.2, -0.15) is 0 Å². The zero-order chi connectivity index (χ0) is 13.2. The van der Waals surface area contributed by atoms with Crippen molar-refractivity contribution in [3.05, 3.63) is 29.0 Å². The zero-order valence-electron chi connectivity index (χ0n) is 11.0. The second-order valence-corrected chi connectivity index (χ2v) is 10.7. The van der Waals surface area contributed by atoms with Crippen LogP contribution in [0.15, 0.2) is 29.0 Å². The van der Waals surface area contributed by atoms with Gasteiger partial charge in [-0.15, -0.1) is 0 Å². The molecule has 0 radical (unpaired) electrons. The number of hydrogen-bond acceptors (Lipinski definition) is 2. The first kappa shape index (κ1) is 13.9. The molecule has 2 aromatic rings. The van der Waals surface area contributed by atoms with Gasteiger partial charge in [-0.05, 0) is 37.0 Å². The molecule has 0 unspecified atom stereocenters. The first-order chi connectivity index (χ1) is 8.46. The topological polar surface area (TPSA) is 27.1 Å². The number of imidazole rings is 1. The van der Waals surface area contributed by atoms with Crippen molar-refractivity contribution < 1.29 is 4.74 Å². The summed E-state index contributed by atoms with van der Waals surface area (Å²) in [6, 6.07) is 6.08. The number of aromatic nitrogens is 2. The van der Waals surface area contributed by atoms with E-state index in [0.29, 0.717) is 6.73 Å². The summed E-state index contributed by atoms with van der Waals surface area (Å²) in [4.78, 5) is 4.35. The lowest BCUT2D eigenvalue weighted by Gasteiger charge is -2.24. The van der Waals surface area contributed by atoms with Gasteiger partial charge in [0.05, 0.1) is 24.0 Å². The van der Waals surface area contributed by atoms with Crippen LogP contribution in [0.1, 0.15) is 0 Å². The van der Waals surface area contributed by atoms with Crippen molar-refractivity contribution in [3.8, 4) is 0 Å². The van der Waals surface area contributed by atoms with Gasteiger partial charge in [0.25, 0.3) is 0 Å². The fourth-order valence-corrected chi connectivity index (χ4v) is 2.57. The molecule has 2 rings (SSSR count). The summed E-state index contributed by atoms with van der Waals surface area (Å²) in [6.07, 6.45) is 8.75. The van der Waals surface area contributed by atoms with Gasteiger partial charge in [-0.1, -0.05) is 15.9 Å². The van der Waals surface area contributed by atoms with E-state index in [9.17, 15) is 0 Å². The molecule has 18 heavy (non-hydrogen) atoms. The van der Waals surface area contributed by atoms with Gasteiger partial charge in [0.1, 0.15) is 6.73 Å². The van der Waals surface area contributed by atoms with Crippen LogP contribution in [-0.2, 0) is 11.5 Å². The van der Waals surface area contributed by atoms with Gasteiger partial charge in [0.15, 0.2) is 0 Å². The van der Waals surface area contributed by atoms with Gasteiger partial charge in [-0.25, -0.2) is 15.0 Å². The molecule has 0 amide bonds. The van der Waals surface area contributed by atoms with Crippen LogP contribution in [0.25, 0.3) is 11.0 Å². The molecule has 0 aliphatic carbocycles. The van der Waals surface area contributed by atoms with Gasteiger partial charge in [0.2, 0.25) is 0 Å². The molecule has 0 fully saturated rings. The minimum atomic E-state index is -0.472. The molecule has 0 bridgehead atoms. The number of hydrogen-bond donors (Lipinski definition) is 0. The molecule has 100 valence electrons. The van der Waals surface area contributed by atoms with E-state index in [1.165, 1.54) is 0 Å². The lowest BCUT2D eigenvalue weighted by molar-refractivity contribution is 0.0923. The molecule has 0 aliphatic heterocycles. The minimum absolute atomic E-state index is 0.472. The molecule has 0 aliphatic rings. The summed E-state index contributed by atoms with van der Waals surface area (Å²) in [7, 11) is -0.472. The van der Waals surface area contributed by atoms with Crippen LogP contribution in [-0.4, -0.2) is 40.7 Å². The second kappa shape index (κ2) is 5.63. The first-order valence-electron chi connectivity index (χ1n) is 5.80. The quantitative estimate of drug-likeness (QED) is 0.785. The number of nitrogens with zero attached hydrogens (tertiary/aromatic N) is 2. The Balaban J connectivity index is 1.98. The molecular weight excluding hydrogens is 312 g/mol. The molecule has 3 nitrogen and oxygen atoms in total. The zero-order valence-corrected chi connectivity index (χ0v) is 13.4. The molecule has 0 N–H and O–H groups in total. The molecule has 1 aromatic carbocycles. The third-order valence-corrected chi connectivity index (χ3v) is 4.54. The highest BCUT2D eigenvalue weighted by Crippen LogP contribution is 2.33. The van der Waals surface area contributed by atoms with Gasteiger partial charge in [-0.3, -0.25) is 0 Å². The van der Waals surface area contributed by atoms with Gasteiger partial charge < -0.3 is 9.30 Å². The van der Waals surface area contributed by atoms with E-state index in [0.717, 1.165) is 27.9 Å². The molecule has 1 aromatic heterocycles. The van der Waals surface area contributed by atoms with Crippen molar-refractivity contribution in [2.45, 2.75) is 6.73 Å². The highest BCUT2D eigenvalue weighted by Gasteiger charge is 2.05. The smallest absolute Gasteiger partial charge is 0.124 e. The normalized spacial score (nSPS) is 13.1. The van der Waals surface area contributed by atoms with Gasteiger partial charge in [0, 0.05) is 10.2 Å². The second-order valence-electron chi connectivity index (χ2n) is 5.18. The van der Waals surface area contributed by atoms with Crippen LogP contribution in [0.3, 0.4) is 0 Å². The number of rotatable bonds is 5. The number of benzene rings is 1. The summed E-state index contributed by atoms with van der Waals surface area (Å²) in [5, 5.41) is 0. The predicted octanol–water partition coefficient (Wildman–Crippen LogP) is 3.47. The van der Waals surface area contributed by atoms with Crippen molar-refractivity contribution in [1.82, 2.24) is 9.55 Å². The third kappa shape index (κ3) is 3.73. The summed E-state index contributed by atoms with van der Waals surface area (Å²) < 4.78 is 8.84. The van der Waals surface area contributed by atoms with Crippen molar-refractivity contribution >= 4 is 37.0 Å². The third-order valence-electron chi connectivity index (χ3n) is 2.65. The van der Waals surface area contributed by atoms with Crippen molar-refractivity contribution in [2.24, 2.45) is 0 Å².